The summed E-state index contributed by atoms with van der Waals surface area (Å²) in [4.78, 5) is 39.5. The lowest BCUT2D eigenvalue weighted by atomic mass is 9.97. The highest BCUT2D eigenvalue weighted by Crippen LogP contribution is 2.30. The minimum atomic E-state index is -0.798. The highest BCUT2D eigenvalue weighted by atomic mass is 16.4. The van der Waals surface area contributed by atoms with Crippen LogP contribution in [0.4, 0.5) is 4.79 Å². The zero-order chi connectivity index (χ0) is 22.8. The molecule has 1 aliphatic heterocycles. The van der Waals surface area contributed by atoms with E-state index in [4.69, 9.17) is 9.52 Å². The lowest BCUT2D eigenvalue weighted by molar-refractivity contribution is -0.143. The molecular formula is C25H26N2O5. The van der Waals surface area contributed by atoms with E-state index in [0.29, 0.717) is 38.1 Å². The second-order valence-corrected chi connectivity index (χ2v) is 8.36. The molecule has 0 saturated carbocycles. The number of hydrogen-bond donors (Lipinski definition) is 1. The minimum Gasteiger partial charge on any atom is -0.481 e. The number of hydrogen-bond acceptors (Lipinski definition) is 4. The summed E-state index contributed by atoms with van der Waals surface area (Å²) in [5, 5.41) is 9.98. The number of fused-ring (bicyclic) bond motifs is 1. The molecule has 3 aromatic rings. The topological polar surface area (TPSA) is 91.1 Å². The second-order valence-electron chi connectivity index (χ2n) is 8.36. The summed E-state index contributed by atoms with van der Waals surface area (Å²) in [6, 6.07) is 14.9. The molecule has 0 atom stereocenters. The van der Waals surface area contributed by atoms with Crippen LogP contribution in [0.2, 0.25) is 0 Å². The van der Waals surface area contributed by atoms with Crippen molar-refractivity contribution < 1.29 is 19.1 Å². The van der Waals surface area contributed by atoms with Gasteiger partial charge in [-0.15, -0.1) is 0 Å². The van der Waals surface area contributed by atoms with Gasteiger partial charge < -0.3 is 19.3 Å². The van der Waals surface area contributed by atoms with Crippen molar-refractivity contribution >= 4 is 23.0 Å². The molecule has 7 nitrogen and oxygen atoms in total. The number of benzene rings is 2. The van der Waals surface area contributed by atoms with Crippen molar-refractivity contribution in [3.63, 3.8) is 0 Å². The third-order valence-corrected chi connectivity index (χ3v) is 6.11. The van der Waals surface area contributed by atoms with Crippen LogP contribution in [-0.4, -0.2) is 47.0 Å². The Morgan fingerprint density at radius 2 is 1.81 bits per heavy atom. The van der Waals surface area contributed by atoms with Crippen molar-refractivity contribution in [2.45, 2.75) is 26.3 Å². The molecule has 2 amide bonds. The van der Waals surface area contributed by atoms with Crippen LogP contribution in [0.1, 0.15) is 24.0 Å². The molecule has 1 saturated heterocycles. The van der Waals surface area contributed by atoms with E-state index >= 15 is 0 Å². The molecule has 2 aromatic carbocycles. The van der Waals surface area contributed by atoms with Crippen molar-refractivity contribution in [1.82, 2.24) is 9.80 Å². The molecule has 0 aliphatic carbocycles. The molecule has 4 rings (SSSR count). The number of carboxylic acids is 1. The van der Waals surface area contributed by atoms with Gasteiger partial charge in [0.1, 0.15) is 5.58 Å². The van der Waals surface area contributed by atoms with E-state index in [1.165, 1.54) is 6.07 Å². The van der Waals surface area contributed by atoms with E-state index in [2.05, 4.69) is 0 Å². The molecule has 0 bridgehead atoms. The van der Waals surface area contributed by atoms with Crippen molar-refractivity contribution in [3.8, 4) is 11.1 Å². The normalized spacial score (nSPS) is 14.5. The number of carbonyl (C=O) groups is 2. The number of aliphatic carboxylic acids is 1. The number of piperidine rings is 1. The van der Waals surface area contributed by atoms with Crippen LogP contribution >= 0.6 is 0 Å². The number of aryl methyl sites for hydroxylation is 1. The lowest BCUT2D eigenvalue weighted by Crippen LogP contribution is -2.45. The van der Waals surface area contributed by atoms with Gasteiger partial charge in [-0.1, -0.05) is 36.4 Å². The predicted octanol–water partition coefficient (Wildman–Crippen LogP) is 4.12. The van der Waals surface area contributed by atoms with Crippen molar-refractivity contribution in [3.05, 3.63) is 70.1 Å². The van der Waals surface area contributed by atoms with Gasteiger partial charge in [0.05, 0.1) is 5.92 Å². The Bertz CT molecular complexity index is 1220. The SMILES string of the molecule is Cc1ccccc1-c1cc(=O)oc2cc(CN(C)C(=O)N3CCC(C(=O)O)CC3)ccc12. The third kappa shape index (κ3) is 4.37. The highest BCUT2D eigenvalue weighted by Gasteiger charge is 2.28. The minimum absolute atomic E-state index is 0.135. The van der Waals surface area contributed by atoms with Crippen molar-refractivity contribution in [1.29, 1.82) is 0 Å². The average Bonchev–Trinajstić information content (AvgIpc) is 2.78. The summed E-state index contributed by atoms with van der Waals surface area (Å²) >= 11 is 0. The van der Waals surface area contributed by atoms with E-state index in [0.717, 1.165) is 27.6 Å². The Balaban J connectivity index is 1.54. The van der Waals surface area contributed by atoms with Crippen LogP contribution in [0.15, 0.2) is 57.7 Å². The lowest BCUT2D eigenvalue weighted by Gasteiger charge is -2.33. The number of amides is 2. The van der Waals surface area contributed by atoms with Gasteiger partial charge in [-0.05, 0) is 42.5 Å². The first-order valence-corrected chi connectivity index (χ1v) is 10.7. The molecule has 0 unspecified atom stereocenters. The van der Waals surface area contributed by atoms with Gasteiger partial charge in [0.15, 0.2) is 0 Å². The Labute approximate surface area is 185 Å². The second kappa shape index (κ2) is 8.86. The molecule has 1 fully saturated rings. The van der Waals surface area contributed by atoms with Crippen LogP contribution < -0.4 is 5.63 Å². The number of urea groups is 1. The maximum Gasteiger partial charge on any atom is 0.336 e. The number of carboxylic acid groups (broad SMARTS) is 1. The Morgan fingerprint density at radius 3 is 2.50 bits per heavy atom. The summed E-state index contributed by atoms with van der Waals surface area (Å²) in [5.74, 6) is -1.18. The first-order chi connectivity index (χ1) is 15.3. The quantitative estimate of drug-likeness (QED) is 0.624. The molecule has 2 heterocycles. The number of carbonyl (C=O) groups excluding carboxylic acids is 1. The molecule has 1 N–H and O–H groups in total. The van der Waals surface area contributed by atoms with Gasteiger partial charge in [-0.2, -0.15) is 0 Å². The maximum absolute atomic E-state index is 12.8. The molecule has 0 radical (unpaired) electrons. The number of rotatable bonds is 4. The smallest absolute Gasteiger partial charge is 0.336 e. The van der Waals surface area contributed by atoms with Gasteiger partial charge in [0.25, 0.3) is 0 Å². The van der Waals surface area contributed by atoms with Crippen LogP contribution in [0.25, 0.3) is 22.1 Å². The molecule has 7 heteroatoms. The van der Waals surface area contributed by atoms with E-state index < -0.39 is 11.6 Å². The summed E-state index contributed by atoms with van der Waals surface area (Å²) in [5.41, 5.74) is 3.79. The molecule has 32 heavy (non-hydrogen) atoms. The third-order valence-electron chi connectivity index (χ3n) is 6.11. The summed E-state index contributed by atoms with van der Waals surface area (Å²) in [7, 11) is 1.72. The summed E-state index contributed by atoms with van der Waals surface area (Å²) in [6.45, 7) is 3.23. The number of likely N-dealkylation sites (tertiary alicyclic amines) is 1. The van der Waals surface area contributed by atoms with E-state index in [1.807, 2.05) is 43.3 Å². The molecular weight excluding hydrogens is 408 g/mol. The first kappa shape index (κ1) is 21.6. The highest BCUT2D eigenvalue weighted by molar-refractivity contribution is 5.94. The summed E-state index contributed by atoms with van der Waals surface area (Å²) < 4.78 is 5.47. The van der Waals surface area contributed by atoms with E-state index in [9.17, 15) is 14.4 Å². The predicted molar refractivity (Wildman–Crippen MR) is 121 cm³/mol. The van der Waals surface area contributed by atoms with Crippen LogP contribution in [0, 0.1) is 12.8 Å². The van der Waals surface area contributed by atoms with Crippen LogP contribution in [-0.2, 0) is 11.3 Å². The van der Waals surface area contributed by atoms with Crippen LogP contribution in [0.5, 0.6) is 0 Å². The van der Waals surface area contributed by atoms with Crippen molar-refractivity contribution in [2.24, 2.45) is 5.92 Å². The van der Waals surface area contributed by atoms with Crippen molar-refractivity contribution in [2.75, 3.05) is 20.1 Å². The fourth-order valence-electron chi connectivity index (χ4n) is 4.30. The maximum atomic E-state index is 12.8. The van der Waals surface area contributed by atoms with E-state index in [1.54, 1.807) is 22.9 Å². The molecule has 166 valence electrons. The standard InChI is InChI=1S/C25H26N2O5/c1-16-5-3-4-6-19(16)21-14-23(28)32-22-13-17(7-8-20(21)22)15-26(2)25(31)27-11-9-18(10-12-27)24(29)30/h3-8,13-14,18H,9-12,15H2,1-2H3,(H,29,30). The fraction of sp³-hybridized carbons (Fsp3) is 0.320. The first-order valence-electron chi connectivity index (χ1n) is 10.7. The monoisotopic (exact) mass is 434 g/mol. The Morgan fingerprint density at radius 1 is 1.09 bits per heavy atom. The van der Waals surface area contributed by atoms with E-state index in [-0.39, 0.29) is 11.9 Å². The fourth-order valence-corrected chi connectivity index (χ4v) is 4.30. The zero-order valence-corrected chi connectivity index (χ0v) is 18.2. The Hall–Kier alpha value is -3.61. The van der Waals surface area contributed by atoms with Gasteiger partial charge in [-0.3, -0.25) is 4.79 Å². The van der Waals surface area contributed by atoms with Gasteiger partial charge >= 0.3 is 17.6 Å². The zero-order valence-electron chi connectivity index (χ0n) is 18.2. The molecule has 1 aliphatic rings. The Kier molecular flexibility index (Phi) is 5.99. The van der Waals surface area contributed by atoms with Gasteiger partial charge in [-0.25, -0.2) is 9.59 Å². The summed E-state index contributed by atoms with van der Waals surface area (Å²) in [6.07, 6.45) is 0.940. The molecule has 1 aromatic heterocycles. The van der Waals surface area contributed by atoms with Gasteiger partial charge in [0.2, 0.25) is 0 Å². The average molecular weight is 434 g/mol. The molecule has 0 spiro atoms. The van der Waals surface area contributed by atoms with Crippen LogP contribution in [0.3, 0.4) is 0 Å². The largest absolute Gasteiger partial charge is 0.481 e. The number of nitrogens with zero attached hydrogens (tertiary/aromatic N) is 2. The van der Waals surface area contributed by atoms with Gasteiger partial charge in [0, 0.05) is 43.7 Å².